The molecule has 0 radical (unpaired) electrons. The van der Waals surface area contributed by atoms with Gasteiger partial charge in [0.2, 0.25) is 0 Å². The van der Waals surface area contributed by atoms with Gasteiger partial charge in [-0.25, -0.2) is 0 Å². The molecule has 0 bridgehead atoms. The summed E-state index contributed by atoms with van der Waals surface area (Å²) in [4.78, 5) is 12.9. The summed E-state index contributed by atoms with van der Waals surface area (Å²) in [7, 11) is 0. The van der Waals surface area contributed by atoms with E-state index in [9.17, 15) is 0 Å². The van der Waals surface area contributed by atoms with Gasteiger partial charge >= 0.3 is 0 Å². The van der Waals surface area contributed by atoms with Crippen LogP contribution in [-0.2, 0) is 0 Å². The van der Waals surface area contributed by atoms with Crippen LogP contribution in [0.1, 0.15) is 58.8 Å². The lowest BCUT2D eigenvalue weighted by atomic mass is 9.90. The first-order valence-electron chi connectivity index (χ1n) is 8.66. The standard InChI is InChI=1S/C18H26N2S2/c1-3-10-21-14-12-15-17(16(13-14)22-11-4-2)20-18(19-15)8-6-5-7-9-18/h12-13H,3-11H2,1-2H3. The van der Waals surface area contributed by atoms with Crippen molar-refractivity contribution in [1.29, 1.82) is 0 Å². The van der Waals surface area contributed by atoms with E-state index >= 15 is 0 Å². The third-order valence-electron chi connectivity index (χ3n) is 4.27. The Kier molecular flexibility index (Phi) is 5.50. The van der Waals surface area contributed by atoms with Crippen LogP contribution in [0.4, 0.5) is 0 Å². The Morgan fingerprint density at radius 2 is 1.68 bits per heavy atom. The molecule has 1 aliphatic carbocycles. The van der Waals surface area contributed by atoms with Crippen molar-refractivity contribution in [1.82, 2.24) is 0 Å². The molecule has 0 unspecified atom stereocenters. The molecule has 1 saturated carbocycles. The van der Waals surface area contributed by atoms with Crippen LogP contribution in [0.3, 0.4) is 0 Å². The maximum atomic E-state index is 5.12. The highest BCUT2D eigenvalue weighted by Crippen LogP contribution is 2.34. The molecular weight excluding hydrogens is 308 g/mol. The van der Waals surface area contributed by atoms with Crippen molar-refractivity contribution >= 4 is 23.5 Å². The first-order valence-corrected chi connectivity index (χ1v) is 10.6. The van der Waals surface area contributed by atoms with Gasteiger partial charge < -0.3 is 0 Å². The number of hydrogen-bond donors (Lipinski definition) is 0. The van der Waals surface area contributed by atoms with Crippen molar-refractivity contribution in [3.05, 3.63) is 22.8 Å². The smallest absolute Gasteiger partial charge is 0.151 e. The molecule has 1 heterocycles. The van der Waals surface area contributed by atoms with Crippen molar-refractivity contribution in [2.24, 2.45) is 9.98 Å². The average molecular weight is 335 g/mol. The summed E-state index contributed by atoms with van der Waals surface area (Å²) in [6.45, 7) is 4.48. The quantitative estimate of drug-likeness (QED) is 0.710. The number of benzene rings is 1. The molecule has 0 aromatic heterocycles. The van der Waals surface area contributed by atoms with E-state index in [0.717, 1.165) is 24.0 Å². The number of thioether (sulfide) groups is 2. The van der Waals surface area contributed by atoms with Crippen molar-refractivity contribution < 1.29 is 0 Å². The van der Waals surface area contributed by atoms with Crippen LogP contribution in [0.25, 0.3) is 0 Å². The molecule has 1 spiro atoms. The van der Waals surface area contributed by atoms with E-state index in [1.54, 1.807) is 0 Å². The Morgan fingerprint density at radius 1 is 0.955 bits per heavy atom. The minimum Gasteiger partial charge on any atom is -0.253 e. The van der Waals surface area contributed by atoms with Crippen LogP contribution >= 0.6 is 23.5 Å². The Labute approximate surface area is 142 Å². The molecule has 1 aromatic carbocycles. The molecule has 0 saturated heterocycles. The molecule has 1 aromatic rings. The second-order valence-corrected chi connectivity index (χ2v) is 8.56. The molecular formula is C18H26N2S2. The summed E-state index contributed by atoms with van der Waals surface area (Å²) in [5, 5.41) is 2.34. The van der Waals surface area contributed by atoms with Crippen LogP contribution in [0.5, 0.6) is 0 Å². The fourth-order valence-corrected chi connectivity index (χ4v) is 5.02. The molecule has 4 heteroatoms. The van der Waals surface area contributed by atoms with E-state index in [1.165, 1.54) is 53.0 Å². The molecule has 1 fully saturated rings. The first kappa shape index (κ1) is 16.4. The molecule has 120 valence electrons. The normalized spacial score (nSPS) is 18.8. The Balaban J connectivity index is 1.99. The number of hydrogen-bond acceptors (Lipinski definition) is 4. The topological polar surface area (TPSA) is 24.7 Å². The summed E-state index contributed by atoms with van der Waals surface area (Å²) >= 11 is 3.91. The minimum absolute atomic E-state index is 0.115. The number of fused-ring (bicyclic) bond motifs is 1. The lowest BCUT2D eigenvalue weighted by Gasteiger charge is -2.27. The summed E-state index contributed by atoms with van der Waals surface area (Å²) in [6, 6.07) is 4.62. The van der Waals surface area contributed by atoms with E-state index in [1.807, 2.05) is 23.5 Å². The molecule has 0 amide bonds. The lowest BCUT2D eigenvalue weighted by Crippen LogP contribution is -2.26. The zero-order valence-electron chi connectivity index (χ0n) is 13.7. The third kappa shape index (κ3) is 3.53. The van der Waals surface area contributed by atoms with Crippen molar-refractivity contribution in [3.63, 3.8) is 0 Å². The minimum atomic E-state index is -0.115. The lowest BCUT2D eigenvalue weighted by molar-refractivity contribution is 0.308. The first-order chi connectivity index (χ1) is 10.8. The van der Waals surface area contributed by atoms with E-state index in [4.69, 9.17) is 9.98 Å². The molecule has 1 aliphatic heterocycles. The molecule has 0 atom stereocenters. The molecule has 2 nitrogen and oxygen atoms in total. The summed E-state index contributed by atoms with van der Waals surface area (Å²) in [6.07, 6.45) is 8.58. The number of rotatable bonds is 6. The van der Waals surface area contributed by atoms with Gasteiger partial charge in [-0.1, -0.05) is 20.3 Å². The zero-order chi connectivity index (χ0) is 15.4. The van der Waals surface area contributed by atoms with Crippen molar-refractivity contribution in [2.45, 2.75) is 74.2 Å². The summed E-state index contributed by atoms with van der Waals surface area (Å²) in [5.74, 6) is 2.34. The Morgan fingerprint density at radius 3 is 2.41 bits per heavy atom. The summed E-state index contributed by atoms with van der Waals surface area (Å²) in [5.41, 5.74) is -0.115. The fraction of sp³-hybridized carbons (Fsp3) is 0.667. The van der Waals surface area contributed by atoms with E-state index < -0.39 is 0 Å². The Bertz CT molecular complexity index is 633. The van der Waals surface area contributed by atoms with Gasteiger partial charge in [-0.3, -0.25) is 9.98 Å². The van der Waals surface area contributed by atoms with Crippen LogP contribution in [0, 0.1) is 0 Å². The second-order valence-electron chi connectivity index (χ2n) is 6.25. The van der Waals surface area contributed by atoms with Gasteiger partial charge in [0.1, 0.15) is 0 Å². The summed E-state index contributed by atoms with van der Waals surface area (Å²) < 4.78 is 0. The van der Waals surface area contributed by atoms with E-state index in [2.05, 4.69) is 26.0 Å². The fourth-order valence-electron chi connectivity index (χ4n) is 3.19. The van der Waals surface area contributed by atoms with Crippen molar-refractivity contribution in [3.8, 4) is 0 Å². The maximum Gasteiger partial charge on any atom is 0.151 e. The monoisotopic (exact) mass is 334 g/mol. The largest absolute Gasteiger partial charge is 0.253 e. The highest BCUT2D eigenvalue weighted by molar-refractivity contribution is 8.00. The number of nitrogens with zero attached hydrogens (tertiary/aromatic N) is 2. The average Bonchev–Trinajstić information content (AvgIpc) is 2.88. The third-order valence-corrected chi connectivity index (χ3v) is 6.68. The van der Waals surface area contributed by atoms with E-state index in [0.29, 0.717) is 0 Å². The molecule has 0 N–H and O–H groups in total. The predicted molar refractivity (Wildman–Crippen MR) is 96.6 cm³/mol. The molecule has 3 rings (SSSR count). The van der Waals surface area contributed by atoms with Gasteiger partial charge in [-0.05, 0) is 62.2 Å². The van der Waals surface area contributed by atoms with Gasteiger partial charge in [0.05, 0.1) is 10.7 Å². The van der Waals surface area contributed by atoms with Crippen LogP contribution in [0.15, 0.2) is 31.9 Å². The van der Waals surface area contributed by atoms with Crippen molar-refractivity contribution in [2.75, 3.05) is 11.5 Å². The highest BCUT2D eigenvalue weighted by Gasteiger charge is 2.33. The van der Waals surface area contributed by atoms with Crippen LogP contribution < -0.4 is 10.7 Å². The SMILES string of the molecule is CCCSc1cc(SCCC)c2c(c1)=NC1(CCCCC1)N=2. The van der Waals surface area contributed by atoms with Gasteiger partial charge in [-0.2, -0.15) is 0 Å². The van der Waals surface area contributed by atoms with E-state index in [-0.39, 0.29) is 5.66 Å². The second kappa shape index (κ2) is 7.39. The molecule has 2 aliphatic rings. The molecule has 22 heavy (non-hydrogen) atoms. The predicted octanol–water partition coefficient (Wildman–Crippen LogP) is 4.60. The van der Waals surface area contributed by atoms with Crippen LogP contribution in [0.2, 0.25) is 0 Å². The van der Waals surface area contributed by atoms with Gasteiger partial charge in [0.15, 0.2) is 5.66 Å². The van der Waals surface area contributed by atoms with Crippen LogP contribution in [-0.4, -0.2) is 17.2 Å². The van der Waals surface area contributed by atoms with Gasteiger partial charge in [0.25, 0.3) is 0 Å². The van der Waals surface area contributed by atoms with Gasteiger partial charge in [-0.15, -0.1) is 23.5 Å². The Hall–Kier alpha value is -0.480. The van der Waals surface area contributed by atoms with Gasteiger partial charge in [0, 0.05) is 9.79 Å². The zero-order valence-corrected chi connectivity index (χ0v) is 15.4. The highest BCUT2D eigenvalue weighted by atomic mass is 32.2. The maximum absolute atomic E-state index is 5.12.